The van der Waals surface area contributed by atoms with Crippen molar-refractivity contribution in [1.82, 2.24) is 5.01 Å². The third-order valence-electron chi connectivity index (χ3n) is 3.40. The van der Waals surface area contributed by atoms with Crippen LogP contribution in [0.25, 0.3) is 0 Å². The lowest BCUT2D eigenvalue weighted by Gasteiger charge is -2.19. The maximum atomic E-state index is 12.3. The molecule has 0 spiro atoms. The van der Waals surface area contributed by atoms with Gasteiger partial charge in [-0.25, -0.2) is 5.01 Å². The summed E-state index contributed by atoms with van der Waals surface area (Å²) < 4.78 is 10.7. The zero-order chi connectivity index (χ0) is 15.5. The summed E-state index contributed by atoms with van der Waals surface area (Å²) in [5.74, 6) is -0.179. The maximum Gasteiger partial charge on any atom is 0.303 e. The SMILES string of the molecule is O=C(O)CCC(=O)N1N=C(c2ccco2)C[C@@H]1c1ccco1. The topological polar surface area (TPSA) is 96.2 Å². The molecule has 0 aliphatic carbocycles. The highest BCUT2D eigenvalue weighted by Gasteiger charge is 2.35. The van der Waals surface area contributed by atoms with Crippen molar-refractivity contribution in [2.45, 2.75) is 25.3 Å². The molecule has 3 heterocycles. The van der Waals surface area contributed by atoms with Crippen LogP contribution in [-0.2, 0) is 9.59 Å². The van der Waals surface area contributed by atoms with Gasteiger partial charge in [0.05, 0.1) is 18.9 Å². The van der Waals surface area contributed by atoms with Gasteiger partial charge in [-0.1, -0.05) is 0 Å². The normalized spacial score (nSPS) is 17.5. The van der Waals surface area contributed by atoms with Crippen LogP contribution >= 0.6 is 0 Å². The molecular weight excluding hydrogens is 288 g/mol. The molecule has 7 heteroatoms. The van der Waals surface area contributed by atoms with Crippen molar-refractivity contribution in [3.05, 3.63) is 48.3 Å². The molecule has 114 valence electrons. The Kier molecular flexibility index (Phi) is 3.78. The van der Waals surface area contributed by atoms with Gasteiger partial charge in [0.25, 0.3) is 0 Å². The quantitative estimate of drug-likeness (QED) is 0.914. The summed E-state index contributed by atoms with van der Waals surface area (Å²) in [6.07, 6.45) is 3.18. The Hall–Kier alpha value is -2.83. The van der Waals surface area contributed by atoms with E-state index in [1.807, 2.05) is 0 Å². The molecule has 1 N–H and O–H groups in total. The Balaban J connectivity index is 1.84. The van der Waals surface area contributed by atoms with E-state index in [1.165, 1.54) is 17.5 Å². The Labute approximate surface area is 125 Å². The number of carboxylic acid groups (broad SMARTS) is 1. The molecule has 2 aromatic heterocycles. The third kappa shape index (κ3) is 2.78. The smallest absolute Gasteiger partial charge is 0.303 e. The second-order valence-corrected chi connectivity index (χ2v) is 4.89. The summed E-state index contributed by atoms with van der Waals surface area (Å²) in [4.78, 5) is 22.9. The van der Waals surface area contributed by atoms with E-state index in [0.29, 0.717) is 23.7 Å². The lowest BCUT2D eigenvalue weighted by atomic mass is 10.1. The zero-order valence-corrected chi connectivity index (χ0v) is 11.6. The first kappa shape index (κ1) is 14.1. The number of nitrogens with zero attached hydrogens (tertiary/aromatic N) is 2. The largest absolute Gasteiger partial charge is 0.481 e. The van der Waals surface area contributed by atoms with Crippen molar-refractivity contribution < 1.29 is 23.5 Å². The molecule has 1 aliphatic heterocycles. The van der Waals surface area contributed by atoms with Crippen molar-refractivity contribution in [1.29, 1.82) is 0 Å². The van der Waals surface area contributed by atoms with Gasteiger partial charge in [0, 0.05) is 12.8 Å². The second kappa shape index (κ2) is 5.88. The highest BCUT2D eigenvalue weighted by Crippen LogP contribution is 2.33. The second-order valence-electron chi connectivity index (χ2n) is 4.89. The van der Waals surface area contributed by atoms with E-state index in [1.54, 1.807) is 24.3 Å². The van der Waals surface area contributed by atoms with Gasteiger partial charge < -0.3 is 13.9 Å². The summed E-state index contributed by atoms with van der Waals surface area (Å²) >= 11 is 0. The van der Waals surface area contributed by atoms with Crippen LogP contribution in [0, 0.1) is 0 Å². The lowest BCUT2D eigenvalue weighted by molar-refractivity contribution is -0.141. The van der Waals surface area contributed by atoms with Gasteiger partial charge in [-0.15, -0.1) is 0 Å². The Morgan fingerprint density at radius 1 is 1.23 bits per heavy atom. The first-order chi connectivity index (χ1) is 10.6. The molecule has 2 aromatic rings. The van der Waals surface area contributed by atoms with Crippen molar-refractivity contribution in [2.24, 2.45) is 5.10 Å². The fourth-order valence-corrected chi connectivity index (χ4v) is 2.36. The van der Waals surface area contributed by atoms with E-state index < -0.39 is 5.97 Å². The minimum Gasteiger partial charge on any atom is -0.481 e. The molecule has 22 heavy (non-hydrogen) atoms. The predicted octanol–water partition coefficient (Wildman–Crippen LogP) is 2.42. The van der Waals surface area contributed by atoms with Crippen LogP contribution in [0.2, 0.25) is 0 Å². The van der Waals surface area contributed by atoms with Gasteiger partial charge in [-0.3, -0.25) is 9.59 Å². The Bertz CT molecular complexity index is 688. The molecule has 7 nitrogen and oxygen atoms in total. The molecule has 0 unspecified atom stereocenters. The molecule has 0 saturated heterocycles. The fraction of sp³-hybridized carbons (Fsp3) is 0.267. The summed E-state index contributed by atoms with van der Waals surface area (Å²) in [6.45, 7) is 0. The first-order valence-corrected chi connectivity index (χ1v) is 6.84. The van der Waals surface area contributed by atoms with Crippen LogP contribution in [0.1, 0.15) is 36.8 Å². The van der Waals surface area contributed by atoms with Gasteiger partial charge in [-0.05, 0) is 24.3 Å². The fourth-order valence-electron chi connectivity index (χ4n) is 2.36. The molecule has 1 aliphatic rings. The van der Waals surface area contributed by atoms with Crippen LogP contribution in [0.3, 0.4) is 0 Å². The number of rotatable bonds is 5. The molecule has 0 fully saturated rings. The van der Waals surface area contributed by atoms with Crippen LogP contribution in [0.15, 0.2) is 50.7 Å². The minimum absolute atomic E-state index is 0.110. The number of aliphatic carboxylic acids is 1. The van der Waals surface area contributed by atoms with E-state index in [9.17, 15) is 9.59 Å². The molecule has 0 aromatic carbocycles. The van der Waals surface area contributed by atoms with Crippen LogP contribution < -0.4 is 0 Å². The molecule has 0 radical (unpaired) electrons. The molecule has 1 amide bonds. The predicted molar refractivity (Wildman–Crippen MR) is 75.0 cm³/mol. The Morgan fingerprint density at radius 2 is 2.00 bits per heavy atom. The highest BCUT2D eigenvalue weighted by molar-refractivity contribution is 6.01. The third-order valence-corrected chi connectivity index (χ3v) is 3.40. The first-order valence-electron chi connectivity index (χ1n) is 6.84. The number of carbonyl (C=O) groups excluding carboxylic acids is 1. The number of hydrogen-bond acceptors (Lipinski definition) is 5. The number of amides is 1. The van der Waals surface area contributed by atoms with Gasteiger partial charge >= 0.3 is 5.97 Å². The maximum absolute atomic E-state index is 12.3. The number of hydrazone groups is 1. The van der Waals surface area contributed by atoms with E-state index in [2.05, 4.69) is 5.10 Å². The number of carbonyl (C=O) groups is 2. The molecule has 3 rings (SSSR count). The zero-order valence-electron chi connectivity index (χ0n) is 11.6. The van der Waals surface area contributed by atoms with Gasteiger partial charge in [0.15, 0.2) is 0 Å². The number of carboxylic acids is 1. The van der Waals surface area contributed by atoms with Crippen molar-refractivity contribution in [2.75, 3.05) is 0 Å². The number of furan rings is 2. The average Bonchev–Trinajstić information content (AvgIpc) is 3.23. The number of hydrogen-bond donors (Lipinski definition) is 1. The van der Waals surface area contributed by atoms with Crippen molar-refractivity contribution >= 4 is 17.6 Å². The standard InChI is InChI=1S/C15H14N2O5/c18-14(5-6-15(19)20)17-11(13-4-2-8-22-13)9-10(16-17)12-3-1-7-21-12/h1-4,7-8,11H,5-6,9H2,(H,19,20)/t11-/m1/s1. The van der Waals surface area contributed by atoms with Gasteiger partial charge in [0.2, 0.25) is 5.91 Å². The van der Waals surface area contributed by atoms with Crippen molar-refractivity contribution in [3.63, 3.8) is 0 Å². The minimum atomic E-state index is -1.02. The van der Waals surface area contributed by atoms with Gasteiger partial charge in [-0.2, -0.15) is 5.10 Å². The Morgan fingerprint density at radius 3 is 2.64 bits per heavy atom. The van der Waals surface area contributed by atoms with Crippen LogP contribution in [0.4, 0.5) is 0 Å². The van der Waals surface area contributed by atoms with E-state index >= 15 is 0 Å². The molecular formula is C15H14N2O5. The van der Waals surface area contributed by atoms with Crippen LogP contribution in [-0.4, -0.2) is 27.7 Å². The highest BCUT2D eigenvalue weighted by atomic mass is 16.4. The van der Waals surface area contributed by atoms with E-state index in [-0.39, 0.29) is 24.8 Å². The van der Waals surface area contributed by atoms with E-state index in [4.69, 9.17) is 13.9 Å². The lowest BCUT2D eigenvalue weighted by Crippen LogP contribution is -2.27. The molecule has 0 bridgehead atoms. The summed E-state index contributed by atoms with van der Waals surface area (Å²) in [7, 11) is 0. The van der Waals surface area contributed by atoms with E-state index in [0.717, 1.165) is 0 Å². The summed E-state index contributed by atoms with van der Waals surface area (Å²) in [5.41, 5.74) is 0.634. The average molecular weight is 302 g/mol. The van der Waals surface area contributed by atoms with Crippen LogP contribution in [0.5, 0.6) is 0 Å². The summed E-state index contributed by atoms with van der Waals surface area (Å²) in [6, 6.07) is 6.64. The summed E-state index contributed by atoms with van der Waals surface area (Å²) in [5, 5.41) is 14.3. The van der Waals surface area contributed by atoms with Gasteiger partial charge in [0.1, 0.15) is 23.3 Å². The van der Waals surface area contributed by atoms with Crippen molar-refractivity contribution in [3.8, 4) is 0 Å². The monoisotopic (exact) mass is 302 g/mol. The molecule has 1 atom stereocenters. The molecule has 0 saturated carbocycles.